The van der Waals surface area contributed by atoms with Gasteiger partial charge in [-0.1, -0.05) is 122 Å². The van der Waals surface area contributed by atoms with Crippen LogP contribution in [0.1, 0.15) is 148 Å². The summed E-state index contributed by atoms with van der Waals surface area (Å²) in [5.74, 6) is -0.604. The molecule has 7 N–H and O–H groups in total. The lowest BCUT2D eigenvalue weighted by Crippen LogP contribution is -2.44. The maximum absolute atomic E-state index is 12.1. The molecule has 0 aromatic rings. The van der Waals surface area contributed by atoms with Gasteiger partial charge in [0, 0.05) is 13.0 Å². The Balaban J connectivity index is 3.44. The molecule has 2 amide bonds. The van der Waals surface area contributed by atoms with Crippen LogP contribution in [0.4, 0.5) is 0 Å². The molecule has 0 rings (SSSR count). The highest BCUT2D eigenvalue weighted by Crippen LogP contribution is 2.15. The van der Waals surface area contributed by atoms with Crippen molar-refractivity contribution in [1.29, 1.82) is 0 Å². The predicted molar refractivity (Wildman–Crippen MR) is 149 cm³/mol. The van der Waals surface area contributed by atoms with Gasteiger partial charge >= 0.3 is 0 Å². The van der Waals surface area contributed by atoms with Crippen LogP contribution in [-0.4, -0.2) is 30.4 Å². The normalized spacial score (nSPS) is 11.8. The number of aliphatic imine (C=N–C) groups is 1. The number of rotatable bonds is 26. The molecule has 0 fully saturated rings. The summed E-state index contributed by atoms with van der Waals surface area (Å²) in [7, 11) is 0. The number of hydrogen-bond donors (Lipinski definition) is 4. The number of amides is 2. The van der Waals surface area contributed by atoms with E-state index in [1.54, 1.807) is 0 Å². The predicted octanol–water partition coefficient (Wildman–Crippen LogP) is 5.83. The topological polar surface area (TPSA) is 137 Å². The summed E-state index contributed by atoms with van der Waals surface area (Å²) in [6.45, 7) is 2.70. The van der Waals surface area contributed by atoms with Crippen molar-refractivity contribution < 1.29 is 9.59 Å². The SMILES string of the molecule is CCCCCCCCCCCCCCCCCCCCCC(=O)N[C@@H](CCCN=C(N)N)C(N)=O. The van der Waals surface area contributed by atoms with Gasteiger partial charge in [0.1, 0.15) is 6.04 Å². The molecule has 0 heterocycles. The highest BCUT2D eigenvalue weighted by molar-refractivity contribution is 5.86. The van der Waals surface area contributed by atoms with Crippen molar-refractivity contribution in [2.24, 2.45) is 22.2 Å². The van der Waals surface area contributed by atoms with Crippen LogP contribution in [0, 0.1) is 0 Å². The summed E-state index contributed by atoms with van der Waals surface area (Å²) >= 11 is 0. The summed E-state index contributed by atoms with van der Waals surface area (Å²) in [4.78, 5) is 27.5. The van der Waals surface area contributed by atoms with Crippen molar-refractivity contribution in [2.75, 3.05) is 6.54 Å². The van der Waals surface area contributed by atoms with E-state index in [4.69, 9.17) is 17.2 Å². The minimum atomic E-state index is -0.656. The van der Waals surface area contributed by atoms with Gasteiger partial charge in [-0.25, -0.2) is 0 Å². The summed E-state index contributed by atoms with van der Waals surface area (Å²) in [6.07, 6.45) is 26.7. The fourth-order valence-corrected chi connectivity index (χ4v) is 4.42. The molecular weight excluding hydrogens is 438 g/mol. The van der Waals surface area contributed by atoms with E-state index in [1.165, 1.54) is 109 Å². The van der Waals surface area contributed by atoms with E-state index >= 15 is 0 Å². The molecular formula is C28H57N5O2. The lowest BCUT2D eigenvalue weighted by Gasteiger charge is -2.15. The van der Waals surface area contributed by atoms with E-state index in [0.29, 0.717) is 25.8 Å². The molecule has 0 bridgehead atoms. The second-order valence-corrected chi connectivity index (χ2v) is 10.1. The van der Waals surface area contributed by atoms with Gasteiger partial charge < -0.3 is 22.5 Å². The zero-order valence-electron chi connectivity index (χ0n) is 22.8. The van der Waals surface area contributed by atoms with E-state index in [9.17, 15) is 9.59 Å². The molecule has 1 atom stereocenters. The maximum Gasteiger partial charge on any atom is 0.240 e. The quantitative estimate of drug-likeness (QED) is 0.0681. The molecule has 0 unspecified atom stereocenters. The number of nitrogens with one attached hydrogen (secondary N) is 1. The van der Waals surface area contributed by atoms with Crippen molar-refractivity contribution in [3.63, 3.8) is 0 Å². The Morgan fingerprint density at radius 2 is 1.03 bits per heavy atom. The van der Waals surface area contributed by atoms with Crippen molar-refractivity contribution in [2.45, 2.75) is 154 Å². The Bertz CT molecular complexity index is 535. The number of hydrogen-bond acceptors (Lipinski definition) is 3. The number of guanidine groups is 1. The Labute approximate surface area is 215 Å². The maximum atomic E-state index is 12.1. The fourth-order valence-electron chi connectivity index (χ4n) is 4.42. The lowest BCUT2D eigenvalue weighted by molar-refractivity contribution is -0.127. The molecule has 0 spiro atoms. The average molecular weight is 496 g/mol. The number of carbonyl (C=O) groups excluding carboxylic acids is 2. The zero-order chi connectivity index (χ0) is 26.0. The number of unbranched alkanes of at least 4 members (excludes halogenated alkanes) is 18. The minimum Gasteiger partial charge on any atom is -0.370 e. The Morgan fingerprint density at radius 1 is 0.629 bits per heavy atom. The van der Waals surface area contributed by atoms with Crippen molar-refractivity contribution in [1.82, 2.24) is 5.32 Å². The first-order valence-electron chi connectivity index (χ1n) is 14.6. The second kappa shape index (κ2) is 25.3. The van der Waals surface area contributed by atoms with Crippen LogP contribution in [0.3, 0.4) is 0 Å². The smallest absolute Gasteiger partial charge is 0.240 e. The zero-order valence-corrected chi connectivity index (χ0v) is 22.8. The Hall–Kier alpha value is -1.79. The molecule has 0 aliphatic carbocycles. The fraction of sp³-hybridized carbons (Fsp3) is 0.893. The summed E-state index contributed by atoms with van der Waals surface area (Å²) in [5, 5.41) is 2.74. The molecule has 0 aliphatic rings. The molecule has 0 radical (unpaired) electrons. The van der Waals surface area contributed by atoms with Crippen LogP contribution in [-0.2, 0) is 9.59 Å². The average Bonchev–Trinajstić information content (AvgIpc) is 2.82. The van der Waals surface area contributed by atoms with Gasteiger partial charge in [-0.2, -0.15) is 0 Å². The lowest BCUT2D eigenvalue weighted by atomic mass is 10.0. The molecule has 7 nitrogen and oxygen atoms in total. The molecule has 206 valence electrons. The Morgan fingerprint density at radius 3 is 1.40 bits per heavy atom. The van der Waals surface area contributed by atoms with Crippen LogP contribution in [0.15, 0.2) is 4.99 Å². The van der Waals surface area contributed by atoms with E-state index in [2.05, 4.69) is 17.2 Å². The number of nitrogens with zero attached hydrogens (tertiary/aromatic N) is 1. The van der Waals surface area contributed by atoms with Gasteiger partial charge in [-0.05, 0) is 19.3 Å². The molecule has 7 heteroatoms. The summed E-state index contributed by atoms with van der Waals surface area (Å²) in [6, 6.07) is -0.656. The minimum absolute atomic E-state index is 0.0222. The van der Waals surface area contributed by atoms with E-state index in [-0.39, 0.29) is 11.9 Å². The van der Waals surface area contributed by atoms with Gasteiger partial charge in [0.25, 0.3) is 0 Å². The Kier molecular flexibility index (Phi) is 24.0. The van der Waals surface area contributed by atoms with Crippen LogP contribution >= 0.6 is 0 Å². The summed E-state index contributed by atoms with van der Waals surface area (Å²) < 4.78 is 0. The second-order valence-electron chi connectivity index (χ2n) is 10.1. The molecule has 0 aromatic heterocycles. The van der Waals surface area contributed by atoms with Crippen LogP contribution < -0.4 is 22.5 Å². The third-order valence-electron chi connectivity index (χ3n) is 6.63. The highest BCUT2D eigenvalue weighted by Gasteiger charge is 2.17. The molecule has 0 saturated carbocycles. The third-order valence-corrected chi connectivity index (χ3v) is 6.63. The van der Waals surface area contributed by atoms with Crippen LogP contribution in [0.5, 0.6) is 0 Å². The first-order valence-corrected chi connectivity index (χ1v) is 14.6. The summed E-state index contributed by atoms with van der Waals surface area (Å²) in [5.41, 5.74) is 15.9. The van der Waals surface area contributed by atoms with Gasteiger partial charge in [-0.15, -0.1) is 0 Å². The largest absolute Gasteiger partial charge is 0.370 e. The van der Waals surface area contributed by atoms with Crippen molar-refractivity contribution in [3.05, 3.63) is 0 Å². The van der Waals surface area contributed by atoms with Crippen molar-refractivity contribution in [3.8, 4) is 0 Å². The molecule has 0 saturated heterocycles. The highest BCUT2D eigenvalue weighted by atomic mass is 16.2. The number of nitrogens with two attached hydrogens (primary N) is 3. The standard InChI is InChI=1S/C28H57N5O2/c1-2-3-4-5-6-7-8-9-10-11-12-13-14-15-16-17-18-19-20-23-26(34)33-25(27(29)35)22-21-24-32-28(30)31/h25H,2-24H2,1H3,(H2,29,35)(H,33,34)(H4,30,31,32)/t25-/m0/s1. The van der Waals surface area contributed by atoms with E-state index in [1.807, 2.05) is 0 Å². The number of carbonyl (C=O) groups is 2. The van der Waals surface area contributed by atoms with Gasteiger partial charge in [0.15, 0.2) is 5.96 Å². The van der Waals surface area contributed by atoms with Crippen LogP contribution in [0.25, 0.3) is 0 Å². The molecule has 0 aromatic carbocycles. The van der Waals surface area contributed by atoms with Crippen LogP contribution in [0.2, 0.25) is 0 Å². The van der Waals surface area contributed by atoms with Crippen molar-refractivity contribution >= 4 is 17.8 Å². The number of primary amides is 1. The van der Waals surface area contributed by atoms with Gasteiger partial charge in [0.2, 0.25) is 11.8 Å². The van der Waals surface area contributed by atoms with E-state index < -0.39 is 11.9 Å². The van der Waals surface area contributed by atoms with E-state index in [0.717, 1.165) is 12.8 Å². The van der Waals surface area contributed by atoms with Gasteiger partial charge in [-0.3, -0.25) is 14.6 Å². The van der Waals surface area contributed by atoms with Gasteiger partial charge in [0.05, 0.1) is 0 Å². The first kappa shape index (κ1) is 33.2. The molecule has 35 heavy (non-hydrogen) atoms. The molecule has 0 aliphatic heterocycles. The third kappa shape index (κ3) is 25.1. The first-order chi connectivity index (χ1) is 17.0. The monoisotopic (exact) mass is 495 g/mol.